The maximum absolute atomic E-state index is 13.0. The molecule has 0 radical (unpaired) electrons. The molecule has 0 bridgehead atoms. The summed E-state index contributed by atoms with van der Waals surface area (Å²) in [6.07, 6.45) is 1.75. The van der Waals surface area contributed by atoms with Gasteiger partial charge in [0, 0.05) is 43.6 Å². The van der Waals surface area contributed by atoms with Gasteiger partial charge in [-0.3, -0.25) is 14.7 Å². The zero-order valence-electron chi connectivity index (χ0n) is 21.9. The third-order valence-corrected chi connectivity index (χ3v) is 7.71. The lowest BCUT2D eigenvalue weighted by atomic mass is 9.75. The number of nitrogens with zero attached hydrogens (tertiary/aromatic N) is 3. The maximum atomic E-state index is 13.0. The highest BCUT2D eigenvalue weighted by Crippen LogP contribution is 2.43. The van der Waals surface area contributed by atoms with E-state index in [1.54, 1.807) is 6.20 Å². The van der Waals surface area contributed by atoms with Gasteiger partial charge in [0.1, 0.15) is 5.69 Å². The number of ketones is 1. The Kier molecular flexibility index (Phi) is 7.03. The highest BCUT2D eigenvalue weighted by atomic mass is 16.1. The number of anilines is 1. The summed E-state index contributed by atoms with van der Waals surface area (Å²) in [6, 6.07) is 45.8. The first-order valence-electron chi connectivity index (χ1n) is 13.5. The van der Waals surface area contributed by atoms with Gasteiger partial charge < -0.3 is 4.90 Å². The van der Waals surface area contributed by atoms with Gasteiger partial charge in [-0.05, 0) is 28.8 Å². The molecule has 0 unspecified atom stereocenters. The van der Waals surface area contributed by atoms with E-state index < -0.39 is 5.54 Å². The lowest BCUT2D eigenvalue weighted by molar-refractivity contribution is 0.103. The number of pyridine rings is 1. The molecule has 5 aromatic rings. The number of benzene rings is 4. The van der Waals surface area contributed by atoms with Crippen molar-refractivity contribution in [1.82, 2.24) is 9.88 Å². The van der Waals surface area contributed by atoms with Crippen LogP contribution >= 0.6 is 0 Å². The number of rotatable bonds is 7. The molecule has 0 N–H and O–H groups in total. The number of hydrogen-bond donors (Lipinski definition) is 0. The van der Waals surface area contributed by atoms with Crippen LogP contribution in [-0.4, -0.2) is 41.8 Å². The van der Waals surface area contributed by atoms with Gasteiger partial charge in [-0.15, -0.1) is 0 Å². The van der Waals surface area contributed by atoms with Crippen LogP contribution in [-0.2, 0) is 5.54 Å². The second-order valence-electron chi connectivity index (χ2n) is 9.88. The molecule has 1 fully saturated rings. The van der Waals surface area contributed by atoms with Crippen LogP contribution < -0.4 is 4.90 Å². The van der Waals surface area contributed by atoms with Crippen LogP contribution in [0.4, 0.5) is 5.69 Å². The summed E-state index contributed by atoms with van der Waals surface area (Å²) in [7, 11) is 0. The lowest BCUT2D eigenvalue weighted by Gasteiger charge is -2.49. The van der Waals surface area contributed by atoms with Gasteiger partial charge in [0.2, 0.25) is 5.78 Å². The summed E-state index contributed by atoms with van der Waals surface area (Å²) in [6.45, 7) is 3.42. The molecule has 0 aliphatic carbocycles. The standard InChI is InChI=1S/C35H31N3O/c39-34(28-13-5-1-6-14-28)33-27-32(21-22-36-33)37-23-25-38(26-24-37)35(29-15-7-2-8-16-29,30-17-9-3-10-18-30)31-19-11-4-12-20-31/h1-22,27H,23-26H2. The number of carbonyl (C=O) groups excluding carboxylic acids is 1. The van der Waals surface area contributed by atoms with Crippen LogP contribution in [0.1, 0.15) is 32.7 Å². The minimum atomic E-state index is -0.414. The van der Waals surface area contributed by atoms with E-state index in [1.807, 2.05) is 42.5 Å². The molecule has 0 spiro atoms. The van der Waals surface area contributed by atoms with Crippen LogP contribution in [0.2, 0.25) is 0 Å². The van der Waals surface area contributed by atoms with Gasteiger partial charge in [-0.25, -0.2) is 0 Å². The average molecular weight is 510 g/mol. The van der Waals surface area contributed by atoms with Gasteiger partial charge in [0.15, 0.2) is 0 Å². The molecule has 0 saturated carbocycles. The highest BCUT2D eigenvalue weighted by molar-refractivity contribution is 6.08. The summed E-state index contributed by atoms with van der Waals surface area (Å²) < 4.78 is 0. The van der Waals surface area contributed by atoms with Crippen molar-refractivity contribution in [2.45, 2.75) is 5.54 Å². The number of hydrogen-bond acceptors (Lipinski definition) is 4. The van der Waals surface area contributed by atoms with E-state index in [-0.39, 0.29) is 5.78 Å². The summed E-state index contributed by atoms with van der Waals surface area (Å²) in [5.74, 6) is -0.0488. The first kappa shape index (κ1) is 24.8. The Hall–Kier alpha value is -4.54. The van der Waals surface area contributed by atoms with Crippen LogP contribution in [0.15, 0.2) is 140 Å². The molecule has 6 rings (SSSR count). The smallest absolute Gasteiger partial charge is 0.211 e. The fourth-order valence-electron chi connectivity index (χ4n) is 5.86. The maximum Gasteiger partial charge on any atom is 0.211 e. The third kappa shape index (κ3) is 4.75. The van der Waals surface area contributed by atoms with Crippen LogP contribution in [0.3, 0.4) is 0 Å². The SMILES string of the molecule is O=C(c1ccccc1)c1cc(N2CCN(C(c3ccccc3)(c3ccccc3)c3ccccc3)CC2)ccn1. The quantitative estimate of drug-likeness (QED) is 0.187. The highest BCUT2D eigenvalue weighted by Gasteiger charge is 2.43. The van der Waals surface area contributed by atoms with Gasteiger partial charge in [-0.1, -0.05) is 121 Å². The van der Waals surface area contributed by atoms with E-state index in [4.69, 9.17) is 0 Å². The van der Waals surface area contributed by atoms with Crippen LogP contribution in [0.25, 0.3) is 0 Å². The molecule has 4 heteroatoms. The number of carbonyl (C=O) groups is 1. The topological polar surface area (TPSA) is 36.4 Å². The van der Waals surface area contributed by atoms with E-state index in [9.17, 15) is 4.79 Å². The monoisotopic (exact) mass is 509 g/mol. The third-order valence-electron chi connectivity index (χ3n) is 7.71. The Morgan fingerprint density at radius 2 is 1.05 bits per heavy atom. The Balaban J connectivity index is 1.33. The van der Waals surface area contributed by atoms with Crippen molar-refractivity contribution in [3.8, 4) is 0 Å². The second kappa shape index (κ2) is 11.1. The predicted octanol–water partition coefficient (Wildman–Crippen LogP) is 6.43. The second-order valence-corrected chi connectivity index (χ2v) is 9.88. The Bertz CT molecular complexity index is 1420. The molecule has 1 saturated heterocycles. The largest absolute Gasteiger partial charge is 0.369 e. The van der Waals surface area contributed by atoms with E-state index >= 15 is 0 Å². The van der Waals surface area contributed by atoms with Gasteiger partial charge in [0.05, 0.1) is 5.54 Å². The van der Waals surface area contributed by atoms with Crippen molar-refractivity contribution in [1.29, 1.82) is 0 Å². The van der Waals surface area contributed by atoms with Gasteiger partial charge in [0.25, 0.3) is 0 Å². The van der Waals surface area contributed by atoms with E-state index in [2.05, 4.69) is 106 Å². The molecule has 1 aliphatic heterocycles. The van der Waals surface area contributed by atoms with Crippen molar-refractivity contribution in [3.05, 3.63) is 168 Å². The van der Waals surface area contributed by atoms with Crippen molar-refractivity contribution < 1.29 is 4.79 Å². The Morgan fingerprint density at radius 3 is 1.54 bits per heavy atom. The normalized spacial score (nSPS) is 14.2. The molecular weight excluding hydrogens is 478 g/mol. The Morgan fingerprint density at radius 1 is 0.590 bits per heavy atom. The minimum Gasteiger partial charge on any atom is -0.369 e. The molecule has 0 atom stereocenters. The van der Waals surface area contributed by atoms with Gasteiger partial charge >= 0.3 is 0 Å². The lowest BCUT2D eigenvalue weighted by Crippen LogP contribution is -2.56. The predicted molar refractivity (Wildman–Crippen MR) is 157 cm³/mol. The molecule has 1 aromatic heterocycles. The Labute approximate surface area is 230 Å². The summed E-state index contributed by atoms with van der Waals surface area (Å²) in [4.78, 5) is 22.4. The summed E-state index contributed by atoms with van der Waals surface area (Å²) in [5, 5.41) is 0. The molecule has 4 aromatic carbocycles. The zero-order valence-corrected chi connectivity index (χ0v) is 21.9. The molecule has 1 aliphatic rings. The fraction of sp³-hybridized carbons (Fsp3) is 0.143. The van der Waals surface area contributed by atoms with E-state index in [0.29, 0.717) is 11.3 Å². The first-order valence-corrected chi connectivity index (χ1v) is 13.5. The molecule has 4 nitrogen and oxygen atoms in total. The zero-order chi connectivity index (χ0) is 26.5. The van der Waals surface area contributed by atoms with Crippen molar-refractivity contribution >= 4 is 11.5 Å². The molecular formula is C35H31N3O. The molecule has 0 amide bonds. The molecule has 2 heterocycles. The number of aromatic nitrogens is 1. The van der Waals surface area contributed by atoms with Crippen molar-refractivity contribution in [2.75, 3.05) is 31.1 Å². The van der Waals surface area contributed by atoms with Crippen molar-refractivity contribution in [3.63, 3.8) is 0 Å². The number of piperazine rings is 1. The van der Waals surface area contributed by atoms with Crippen molar-refractivity contribution in [2.24, 2.45) is 0 Å². The minimum absolute atomic E-state index is 0.0488. The fourth-order valence-corrected chi connectivity index (χ4v) is 5.86. The van der Waals surface area contributed by atoms with E-state index in [0.717, 1.165) is 31.9 Å². The van der Waals surface area contributed by atoms with E-state index in [1.165, 1.54) is 16.7 Å². The molecule has 39 heavy (non-hydrogen) atoms. The average Bonchev–Trinajstić information content (AvgIpc) is 3.03. The van der Waals surface area contributed by atoms with Crippen LogP contribution in [0, 0.1) is 0 Å². The summed E-state index contributed by atoms with van der Waals surface area (Å²) >= 11 is 0. The first-order chi connectivity index (χ1) is 19.3. The van der Waals surface area contributed by atoms with Gasteiger partial charge in [-0.2, -0.15) is 0 Å². The summed E-state index contributed by atoms with van der Waals surface area (Å²) in [5.41, 5.74) is 5.54. The molecule has 192 valence electrons. The van der Waals surface area contributed by atoms with Crippen LogP contribution in [0.5, 0.6) is 0 Å².